The van der Waals surface area contributed by atoms with Crippen molar-refractivity contribution in [1.29, 1.82) is 0 Å². The predicted molar refractivity (Wildman–Crippen MR) is 76.4 cm³/mol. The molecule has 1 N–H and O–H groups in total. The Bertz CT molecular complexity index is 300. The number of benzene rings is 1. The highest BCUT2D eigenvalue weighted by Gasteiger charge is 2.05. The smallest absolute Gasteiger partial charge is 0.00464 e. The lowest BCUT2D eigenvalue weighted by atomic mass is 10.0. The van der Waals surface area contributed by atoms with Crippen LogP contribution in [0, 0.1) is 12.8 Å². The summed E-state index contributed by atoms with van der Waals surface area (Å²) in [5.41, 5.74) is 2.91. The summed E-state index contributed by atoms with van der Waals surface area (Å²) in [4.78, 5) is 0. The largest absolute Gasteiger partial charge is 0.317 e. The molecule has 1 fully saturated rings. The molecule has 0 aromatic heterocycles. The van der Waals surface area contributed by atoms with Gasteiger partial charge in [-0.25, -0.2) is 0 Å². The van der Waals surface area contributed by atoms with Gasteiger partial charge in [0.1, 0.15) is 0 Å². The first-order valence-electron chi connectivity index (χ1n) is 6.99. The number of aryl methyl sites for hydroxylation is 2. The van der Waals surface area contributed by atoms with E-state index in [0.29, 0.717) is 0 Å². The van der Waals surface area contributed by atoms with Crippen molar-refractivity contribution in [2.45, 2.75) is 46.5 Å². The summed E-state index contributed by atoms with van der Waals surface area (Å²) in [7, 11) is 0. The van der Waals surface area contributed by atoms with Crippen molar-refractivity contribution >= 4 is 0 Å². The summed E-state index contributed by atoms with van der Waals surface area (Å²) in [6, 6.07) is 8.58. The fourth-order valence-corrected chi connectivity index (χ4v) is 2.13. The molecule has 1 nitrogen and oxygen atoms in total. The van der Waals surface area contributed by atoms with E-state index in [1.807, 2.05) is 0 Å². The minimum absolute atomic E-state index is 0.973. The molecule has 1 aliphatic rings. The van der Waals surface area contributed by atoms with E-state index in [1.54, 1.807) is 0 Å². The molecule has 2 rings (SSSR count). The van der Waals surface area contributed by atoms with Gasteiger partial charge in [0.25, 0.3) is 0 Å². The fraction of sp³-hybridized carbons (Fsp3) is 0.625. The summed E-state index contributed by atoms with van der Waals surface area (Å²) in [5.74, 6) is 0.973. The summed E-state index contributed by atoms with van der Waals surface area (Å²) < 4.78 is 0. The monoisotopic (exact) mass is 233 g/mol. The second-order valence-electron chi connectivity index (χ2n) is 5.11. The van der Waals surface area contributed by atoms with Crippen LogP contribution in [0.15, 0.2) is 24.3 Å². The number of hydrogen-bond donors (Lipinski definition) is 1. The van der Waals surface area contributed by atoms with Gasteiger partial charge >= 0.3 is 0 Å². The van der Waals surface area contributed by atoms with E-state index in [4.69, 9.17) is 0 Å². The minimum Gasteiger partial charge on any atom is -0.317 e. The van der Waals surface area contributed by atoms with Crippen LogP contribution in [0.25, 0.3) is 0 Å². The van der Waals surface area contributed by atoms with Crippen LogP contribution in [-0.2, 0) is 6.42 Å². The lowest BCUT2D eigenvalue weighted by Crippen LogP contribution is -2.26. The minimum atomic E-state index is 0.973. The fourth-order valence-electron chi connectivity index (χ4n) is 2.13. The molecule has 1 aromatic carbocycles. The Morgan fingerprint density at radius 2 is 1.82 bits per heavy atom. The highest BCUT2D eigenvalue weighted by Crippen LogP contribution is 2.08. The zero-order chi connectivity index (χ0) is 12.5. The Morgan fingerprint density at radius 3 is 2.29 bits per heavy atom. The lowest BCUT2D eigenvalue weighted by Gasteiger charge is -2.17. The Labute approximate surface area is 107 Å². The standard InChI is InChI=1S/C10H14.C6H13N/c1-3-6-10-8-5-4-7-9(10)2;1-6-2-4-7-5-3-6/h4-5,7-8H,3,6H2,1-2H3;6-7H,2-5H2,1H3. The molecule has 0 radical (unpaired) electrons. The number of rotatable bonds is 2. The highest BCUT2D eigenvalue weighted by atomic mass is 14.9. The molecule has 17 heavy (non-hydrogen) atoms. The van der Waals surface area contributed by atoms with Gasteiger partial charge in [0.05, 0.1) is 0 Å². The molecule has 0 bridgehead atoms. The molecule has 1 aromatic rings. The SMILES string of the molecule is CC1CCNCC1.CCCc1ccccc1C. The summed E-state index contributed by atoms with van der Waals surface area (Å²) in [5, 5.41) is 3.32. The molecule has 1 heteroatoms. The zero-order valence-corrected chi connectivity index (χ0v) is 11.6. The number of hydrogen-bond acceptors (Lipinski definition) is 1. The van der Waals surface area contributed by atoms with E-state index in [-0.39, 0.29) is 0 Å². The molecule has 1 aliphatic heterocycles. The molecule has 0 aliphatic carbocycles. The summed E-state index contributed by atoms with van der Waals surface area (Å²) in [6.45, 7) is 9.18. The van der Waals surface area contributed by atoms with Gasteiger partial charge in [-0.2, -0.15) is 0 Å². The molecule has 0 saturated carbocycles. The van der Waals surface area contributed by atoms with Crippen LogP contribution >= 0.6 is 0 Å². The van der Waals surface area contributed by atoms with Crippen LogP contribution in [0.2, 0.25) is 0 Å². The highest BCUT2D eigenvalue weighted by molar-refractivity contribution is 5.25. The maximum Gasteiger partial charge on any atom is -0.00464 e. The molecule has 1 saturated heterocycles. The second-order valence-corrected chi connectivity index (χ2v) is 5.11. The average Bonchev–Trinajstić information content (AvgIpc) is 2.34. The van der Waals surface area contributed by atoms with Crippen molar-refractivity contribution in [3.63, 3.8) is 0 Å². The first-order chi connectivity index (χ1) is 8.24. The van der Waals surface area contributed by atoms with Crippen molar-refractivity contribution < 1.29 is 0 Å². The summed E-state index contributed by atoms with van der Waals surface area (Å²) >= 11 is 0. The topological polar surface area (TPSA) is 12.0 Å². The van der Waals surface area contributed by atoms with Crippen LogP contribution in [-0.4, -0.2) is 13.1 Å². The Balaban J connectivity index is 0.000000181. The average molecular weight is 233 g/mol. The van der Waals surface area contributed by atoms with Crippen molar-refractivity contribution in [2.24, 2.45) is 5.92 Å². The predicted octanol–water partition coefficient (Wildman–Crippen LogP) is 3.95. The van der Waals surface area contributed by atoms with Crippen LogP contribution in [0.5, 0.6) is 0 Å². The molecule has 96 valence electrons. The first-order valence-corrected chi connectivity index (χ1v) is 6.99. The van der Waals surface area contributed by atoms with Gasteiger partial charge in [-0.1, -0.05) is 44.5 Å². The van der Waals surface area contributed by atoms with Gasteiger partial charge < -0.3 is 5.32 Å². The van der Waals surface area contributed by atoms with Crippen molar-refractivity contribution in [2.75, 3.05) is 13.1 Å². The van der Waals surface area contributed by atoms with E-state index in [2.05, 4.69) is 50.4 Å². The Hall–Kier alpha value is -0.820. The van der Waals surface area contributed by atoms with Gasteiger partial charge in [0.2, 0.25) is 0 Å². The van der Waals surface area contributed by atoms with Crippen molar-refractivity contribution in [3.05, 3.63) is 35.4 Å². The maximum absolute atomic E-state index is 3.32. The quantitative estimate of drug-likeness (QED) is 0.815. The molecular formula is C16H27N. The van der Waals surface area contributed by atoms with Gasteiger partial charge in [-0.3, -0.25) is 0 Å². The third-order valence-electron chi connectivity index (χ3n) is 3.41. The van der Waals surface area contributed by atoms with Gasteiger partial charge in [0, 0.05) is 0 Å². The molecule has 0 unspecified atom stereocenters. The molecule has 0 spiro atoms. The number of piperidine rings is 1. The lowest BCUT2D eigenvalue weighted by molar-refractivity contribution is 0.402. The van der Waals surface area contributed by atoms with Crippen LogP contribution in [0.4, 0.5) is 0 Å². The zero-order valence-electron chi connectivity index (χ0n) is 11.6. The third-order valence-corrected chi connectivity index (χ3v) is 3.41. The Morgan fingerprint density at radius 1 is 1.18 bits per heavy atom. The normalized spacial score (nSPS) is 16.2. The third kappa shape index (κ3) is 5.88. The molecule has 0 amide bonds. The van der Waals surface area contributed by atoms with E-state index >= 15 is 0 Å². The van der Waals surface area contributed by atoms with Gasteiger partial charge in [-0.15, -0.1) is 0 Å². The van der Waals surface area contributed by atoms with E-state index < -0.39 is 0 Å². The molecule has 1 heterocycles. The first kappa shape index (κ1) is 14.2. The van der Waals surface area contributed by atoms with E-state index in [9.17, 15) is 0 Å². The number of nitrogens with one attached hydrogen (secondary N) is 1. The van der Waals surface area contributed by atoms with Crippen molar-refractivity contribution in [3.8, 4) is 0 Å². The van der Waals surface area contributed by atoms with Crippen LogP contribution in [0.1, 0.15) is 44.2 Å². The van der Waals surface area contributed by atoms with Gasteiger partial charge in [-0.05, 0) is 56.3 Å². The van der Waals surface area contributed by atoms with Gasteiger partial charge in [0.15, 0.2) is 0 Å². The van der Waals surface area contributed by atoms with E-state index in [1.165, 1.54) is 49.9 Å². The van der Waals surface area contributed by atoms with Crippen LogP contribution < -0.4 is 5.32 Å². The maximum atomic E-state index is 3.32. The molecular weight excluding hydrogens is 206 g/mol. The second kappa shape index (κ2) is 8.30. The van der Waals surface area contributed by atoms with Crippen molar-refractivity contribution in [1.82, 2.24) is 5.32 Å². The van der Waals surface area contributed by atoms with Crippen LogP contribution in [0.3, 0.4) is 0 Å². The summed E-state index contributed by atoms with van der Waals surface area (Å²) in [6.07, 6.45) is 5.21. The Kier molecular flexibility index (Phi) is 6.95. The molecule has 0 atom stereocenters. The van der Waals surface area contributed by atoms with E-state index in [0.717, 1.165) is 5.92 Å².